The zero-order chi connectivity index (χ0) is 14.1. The molecule has 2 heterocycles. The summed E-state index contributed by atoms with van der Waals surface area (Å²) in [7, 11) is 0. The van der Waals surface area contributed by atoms with Crippen LogP contribution < -0.4 is 5.73 Å². The highest BCUT2D eigenvalue weighted by molar-refractivity contribution is 7.17. The molecule has 0 bridgehead atoms. The molecule has 0 atom stereocenters. The zero-order valence-electron chi connectivity index (χ0n) is 10.4. The SMILES string of the molecule is Nc1nc(Cc2ccccc2C(=O)O)nc2ccsc12. The maximum atomic E-state index is 11.2. The largest absolute Gasteiger partial charge is 0.478 e. The average molecular weight is 285 g/mol. The lowest BCUT2D eigenvalue weighted by Gasteiger charge is -2.06. The van der Waals surface area contributed by atoms with Crippen LogP contribution >= 0.6 is 11.3 Å². The van der Waals surface area contributed by atoms with E-state index in [0.717, 1.165) is 10.2 Å². The second-order valence-electron chi connectivity index (χ2n) is 4.30. The van der Waals surface area contributed by atoms with E-state index in [0.29, 0.717) is 23.6 Å². The number of anilines is 1. The van der Waals surface area contributed by atoms with Crippen molar-refractivity contribution in [1.29, 1.82) is 0 Å². The van der Waals surface area contributed by atoms with Crippen LogP contribution in [0.5, 0.6) is 0 Å². The van der Waals surface area contributed by atoms with Gasteiger partial charge in [0.1, 0.15) is 11.6 Å². The lowest BCUT2D eigenvalue weighted by atomic mass is 10.0. The number of nitrogen functional groups attached to an aromatic ring is 1. The van der Waals surface area contributed by atoms with Crippen LogP contribution in [0.25, 0.3) is 10.2 Å². The predicted molar refractivity (Wildman–Crippen MR) is 78.0 cm³/mol. The molecule has 0 saturated carbocycles. The quantitative estimate of drug-likeness (QED) is 0.772. The molecule has 0 radical (unpaired) electrons. The molecule has 3 aromatic rings. The van der Waals surface area contributed by atoms with Gasteiger partial charge in [0.2, 0.25) is 0 Å². The number of aromatic carboxylic acids is 1. The van der Waals surface area contributed by atoms with E-state index in [1.54, 1.807) is 24.3 Å². The van der Waals surface area contributed by atoms with Gasteiger partial charge in [0.05, 0.1) is 15.8 Å². The van der Waals surface area contributed by atoms with Crippen molar-refractivity contribution in [3.63, 3.8) is 0 Å². The number of aromatic nitrogens is 2. The first-order valence-electron chi connectivity index (χ1n) is 5.96. The Labute approximate surface area is 118 Å². The van der Waals surface area contributed by atoms with Gasteiger partial charge in [-0.25, -0.2) is 14.8 Å². The number of benzene rings is 1. The minimum absolute atomic E-state index is 0.264. The summed E-state index contributed by atoms with van der Waals surface area (Å²) < 4.78 is 0.861. The summed E-state index contributed by atoms with van der Waals surface area (Å²) in [5.74, 6) is 0.0140. The fraction of sp³-hybridized carbons (Fsp3) is 0.0714. The molecule has 0 fully saturated rings. The van der Waals surface area contributed by atoms with Crippen molar-refractivity contribution in [3.8, 4) is 0 Å². The summed E-state index contributed by atoms with van der Waals surface area (Å²) in [5, 5.41) is 11.1. The van der Waals surface area contributed by atoms with Crippen LogP contribution in [0, 0.1) is 0 Å². The summed E-state index contributed by atoms with van der Waals surface area (Å²) in [6.45, 7) is 0. The Morgan fingerprint density at radius 1 is 1.25 bits per heavy atom. The van der Waals surface area contributed by atoms with E-state index in [-0.39, 0.29) is 5.56 Å². The van der Waals surface area contributed by atoms with Gasteiger partial charge in [-0.05, 0) is 23.1 Å². The minimum Gasteiger partial charge on any atom is -0.478 e. The molecular weight excluding hydrogens is 274 g/mol. The van der Waals surface area contributed by atoms with Gasteiger partial charge < -0.3 is 10.8 Å². The first-order chi connectivity index (χ1) is 9.65. The van der Waals surface area contributed by atoms with Gasteiger partial charge in [0.25, 0.3) is 0 Å². The third-order valence-electron chi connectivity index (χ3n) is 2.97. The Kier molecular flexibility index (Phi) is 3.08. The lowest BCUT2D eigenvalue weighted by molar-refractivity contribution is 0.0696. The Morgan fingerprint density at radius 2 is 2.05 bits per heavy atom. The molecule has 20 heavy (non-hydrogen) atoms. The molecule has 5 nitrogen and oxygen atoms in total. The number of carbonyl (C=O) groups is 1. The maximum absolute atomic E-state index is 11.2. The second-order valence-corrected chi connectivity index (χ2v) is 5.22. The Hall–Kier alpha value is -2.47. The molecule has 3 rings (SSSR count). The van der Waals surface area contributed by atoms with Crippen molar-refractivity contribution in [2.24, 2.45) is 0 Å². The van der Waals surface area contributed by atoms with Gasteiger partial charge in [-0.15, -0.1) is 11.3 Å². The highest BCUT2D eigenvalue weighted by Crippen LogP contribution is 2.24. The molecule has 0 aliphatic rings. The molecule has 0 unspecified atom stereocenters. The van der Waals surface area contributed by atoms with Gasteiger partial charge in [0, 0.05) is 6.42 Å². The van der Waals surface area contributed by atoms with Crippen molar-refractivity contribution < 1.29 is 9.90 Å². The molecule has 0 amide bonds. The fourth-order valence-electron chi connectivity index (χ4n) is 2.07. The van der Waals surface area contributed by atoms with Crippen molar-refractivity contribution in [1.82, 2.24) is 9.97 Å². The van der Waals surface area contributed by atoms with Gasteiger partial charge in [-0.3, -0.25) is 0 Å². The number of hydrogen-bond donors (Lipinski definition) is 2. The van der Waals surface area contributed by atoms with Crippen molar-refractivity contribution in [3.05, 3.63) is 52.7 Å². The molecule has 100 valence electrons. The predicted octanol–water partition coefficient (Wildman–Crippen LogP) is 2.56. The molecule has 0 aliphatic carbocycles. The van der Waals surface area contributed by atoms with E-state index in [1.165, 1.54) is 11.3 Å². The van der Waals surface area contributed by atoms with Crippen molar-refractivity contribution >= 4 is 33.3 Å². The number of fused-ring (bicyclic) bond motifs is 1. The van der Waals surface area contributed by atoms with E-state index in [2.05, 4.69) is 9.97 Å². The summed E-state index contributed by atoms with van der Waals surface area (Å²) in [4.78, 5) is 19.9. The highest BCUT2D eigenvalue weighted by Gasteiger charge is 2.12. The van der Waals surface area contributed by atoms with Crippen molar-refractivity contribution in [2.45, 2.75) is 6.42 Å². The first kappa shape index (κ1) is 12.6. The van der Waals surface area contributed by atoms with Crippen molar-refractivity contribution in [2.75, 3.05) is 5.73 Å². The molecule has 0 aliphatic heterocycles. The van der Waals surface area contributed by atoms with E-state index >= 15 is 0 Å². The summed E-state index contributed by atoms with van der Waals surface area (Å²) in [5.41, 5.74) is 7.63. The average Bonchev–Trinajstić information content (AvgIpc) is 2.88. The number of rotatable bonds is 3. The highest BCUT2D eigenvalue weighted by atomic mass is 32.1. The maximum Gasteiger partial charge on any atom is 0.335 e. The minimum atomic E-state index is -0.954. The number of hydrogen-bond acceptors (Lipinski definition) is 5. The summed E-state index contributed by atoms with van der Waals surface area (Å²) >= 11 is 1.49. The first-order valence-corrected chi connectivity index (χ1v) is 6.84. The van der Waals surface area contributed by atoms with E-state index < -0.39 is 5.97 Å². The molecule has 2 aromatic heterocycles. The topological polar surface area (TPSA) is 89.1 Å². The smallest absolute Gasteiger partial charge is 0.335 e. The Balaban J connectivity index is 2.03. The van der Waals surface area contributed by atoms with Gasteiger partial charge >= 0.3 is 5.97 Å². The number of nitrogens with two attached hydrogens (primary N) is 1. The molecule has 6 heteroatoms. The molecule has 0 spiro atoms. The third-order valence-corrected chi connectivity index (χ3v) is 3.90. The van der Waals surface area contributed by atoms with Crippen LogP contribution in [-0.2, 0) is 6.42 Å². The van der Waals surface area contributed by atoms with Crippen LogP contribution in [0.1, 0.15) is 21.7 Å². The van der Waals surface area contributed by atoms with E-state index in [9.17, 15) is 9.90 Å². The van der Waals surface area contributed by atoms with Crippen LogP contribution in [-0.4, -0.2) is 21.0 Å². The van der Waals surface area contributed by atoms with Crippen LogP contribution in [0.3, 0.4) is 0 Å². The molecule has 3 N–H and O–H groups in total. The van der Waals surface area contributed by atoms with Gasteiger partial charge in [0.15, 0.2) is 0 Å². The summed E-state index contributed by atoms with van der Waals surface area (Å²) in [6.07, 6.45) is 0.346. The van der Waals surface area contributed by atoms with Gasteiger partial charge in [-0.2, -0.15) is 0 Å². The van der Waals surface area contributed by atoms with Crippen LogP contribution in [0.15, 0.2) is 35.7 Å². The number of thiophene rings is 1. The Bertz CT molecular complexity index is 798. The van der Waals surface area contributed by atoms with Crippen LogP contribution in [0.2, 0.25) is 0 Å². The molecular formula is C14H11N3O2S. The fourth-order valence-corrected chi connectivity index (χ4v) is 2.80. The molecule has 0 saturated heterocycles. The lowest BCUT2D eigenvalue weighted by Crippen LogP contribution is -2.06. The van der Waals surface area contributed by atoms with E-state index in [1.807, 2.05) is 11.4 Å². The molecule has 1 aromatic carbocycles. The van der Waals surface area contributed by atoms with Crippen LogP contribution in [0.4, 0.5) is 5.82 Å². The zero-order valence-corrected chi connectivity index (χ0v) is 11.2. The number of nitrogens with zero attached hydrogens (tertiary/aromatic N) is 2. The monoisotopic (exact) mass is 285 g/mol. The third kappa shape index (κ3) is 2.21. The summed E-state index contributed by atoms with van der Waals surface area (Å²) in [6, 6.07) is 8.72. The second kappa shape index (κ2) is 4.90. The number of carboxylic acid groups (broad SMARTS) is 1. The normalized spacial score (nSPS) is 10.8. The standard InChI is InChI=1S/C14H11N3O2S/c15-13-12-10(5-6-20-12)16-11(17-13)7-8-3-1-2-4-9(8)14(18)19/h1-6H,7H2,(H,18,19)(H2,15,16,17). The van der Waals surface area contributed by atoms with Gasteiger partial charge in [-0.1, -0.05) is 18.2 Å². The Morgan fingerprint density at radius 3 is 2.85 bits per heavy atom. The number of carboxylic acids is 1. The van der Waals surface area contributed by atoms with E-state index in [4.69, 9.17) is 5.73 Å².